The number of furan rings is 1. The number of hydrogen-bond acceptors (Lipinski definition) is 3. The molecule has 7 heteroatoms. The first kappa shape index (κ1) is 21.5. The number of unbranched alkanes of at least 4 members (excludes halogenated alkanes) is 1. The summed E-state index contributed by atoms with van der Waals surface area (Å²) in [5.74, 6) is 1.83. The summed E-state index contributed by atoms with van der Waals surface area (Å²) in [6.07, 6.45) is 7.82. The Kier molecular flexibility index (Phi) is 10.3. The van der Waals surface area contributed by atoms with E-state index in [9.17, 15) is 0 Å². The molecule has 6 nitrogen and oxygen atoms in total. The van der Waals surface area contributed by atoms with Crippen LogP contribution in [0.2, 0.25) is 0 Å². The molecule has 0 aliphatic rings. The van der Waals surface area contributed by atoms with Crippen LogP contribution >= 0.6 is 24.0 Å². The zero-order valence-electron chi connectivity index (χ0n) is 15.4. The number of guanidine groups is 1. The van der Waals surface area contributed by atoms with E-state index in [4.69, 9.17) is 9.41 Å². The van der Waals surface area contributed by atoms with Crippen molar-refractivity contribution in [2.24, 2.45) is 12.0 Å². The van der Waals surface area contributed by atoms with Gasteiger partial charge in [0.1, 0.15) is 5.76 Å². The number of aliphatic imine (C=N–C) groups is 1. The second kappa shape index (κ2) is 11.9. The quantitative estimate of drug-likeness (QED) is 0.262. The van der Waals surface area contributed by atoms with Crippen LogP contribution in [0.4, 0.5) is 0 Å². The van der Waals surface area contributed by atoms with E-state index in [-0.39, 0.29) is 24.0 Å². The molecule has 2 aromatic heterocycles. The van der Waals surface area contributed by atoms with Crippen LogP contribution < -0.4 is 10.6 Å². The summed E-state index contributed by atoms with van der Waals surface area (Å²) in [5, 5.41) is 11.3. The van der Waals surface area contributed by atoms with Gasteiger partial charge >= 0.3 is 0 Å². The van der Waals surface area contributed by atoms with Crippen molar-refractivity contribution in [1.82, 2.24) is 20.4 Å². The van der Waals surface area contributed by atoms with Crippen LogP contribution in [-0.2, 0) is 26.4 Å². The first-order valence-corrected chi connectivity index (χ1v) is 8.78. The largest absolute Gasteiger partial charge is 0.469 e. The van der Waals surface area contributed by atoms with E-state index < -0.39 is 0 Å². The number of nitrogens with one attached hydrogen (secondary N) is 2. The average Bonchev–Trinajstić information content (AvgIpc) is 3.21. The Hall–Kier alpha value is -1.51. The molecule has 0 bridgehead atoms. The Labute approximate surface area is 167 Å². The Bertz CT molecular complexity index is 621. The number of hydrogen-bond donors (Lipinski definition) is 2. The minimum Gasteiger partial charge on any atom is -0.469 e. The molecule has 0 saturated heterocycles. The lowest BCUT2D eigenvalue weighted by Gasteiger charge is -2.12. The second-order valence-corrected chi connectivity index (χ2v) is 5.83. The molecule has 0 spiro atoms. The first-order valence-electron chi connectivity index (χ1n) is 8.78. The number of aryl methyl sites for hydroxylation is 2. The molecule has 0 radical (unpaired) electrons. The van der Waals surface area contributed by atoms with Crippen molar-refractivity contribution in [3.05, 3.63) is 41.6 Å². The van der Waals surface area contributed by atoms with Crippen molar-refractivity contribution in [1.29, 1.82) is 0 Å². The van der Waals surface area contributed by atoms with Gasteiger partial charge < -0.3 is 15.1 Å². The highest BCUT2D eigenvalue weighted by Gasteiger charge is 2.06. The molecule has 2 N–H and O–H groups in total. The summed E-state index contributed by atoms with van der Waals surface area (Å²) < 4.78 is 7.22. The third-order valence-electron chi connectivity index (χ3n) is 3.80. The van der Waals surface area contributed by atoms with E-state index in [1.54, 1.807) is 6.26 Å². The van der Waals surface area contributed by atoms with Gasteiger partial charge in [-0.25, -0.2) is 4.99 Å². The molecule has 0 aliphatic carbocycles. The molecule has 0 amide bonds. The van der Waals surface area contributed by atoms with Crippen LogP contribution in [0.3, 0.4) is 0 Å². The molecule has 0 saturated carbocycles. The van der Waals surface area contributed by atoms with Gasteiger partial charge in [-0.1, -0.05) is 20.3 Å². The lowest BCUT2D eigenvalue weighted by molar-refractivity contribution is 0.506. The van der Waals surface area contributed by atoms with E-state index in [2.05, 4.69) is 35.8 Å². The zero-order valence-corrected chi connectivity index (χ0v) is 17.7. The van der Waals surface area contributed by atoms with Gasteiger partial charge in [0, 0.05) is 38.3 Å². The second-order valence-electron chi connectivity index (χ2n) is 5.83. The van der Waals surface area contributed by atoms with Gasteiger partial charge in [0.15, 0.2) is 5.96 Å². The summed E-state index contributed by atoms with van der Waals surface area (Å²) >= 11 is 0. The van der Waals surface area contributed by atoms with Crippen LogP contribution in [0, 0.1) is 0 Å². The lowest BCUT2D eigenvalue weighted by Crippen LogP contribution is -2.38. The molecule has 2 rings (SSSR count). The monoisotopic (exact) mass is 459 g/mol. The van der Waals surface area contributed by atoms with Gasteiger partial charge in [0.25, 0.3) is 0 Å². The molecule has 0 atom stereocenters. The Morgan fingerprint density at radius 2 is 2.08 bits per heavy atom. The van der Waals surface area contributed by atoms with Gasteiger partial charge in [-0.2, -0.15) is 5.10 Å². The van der Waals surface area contributed by atoms with Crippen molar-refractivity contribution < 1.29 is 4.42 Å². The molecular weight excluding hydrogens is 429 g/mol. The van der Waals surface area contributed by atoms with Crippen molar-refractivity contribution in [2.45, 2.75) is 46.1 Å². The van der Waals surface area contributed by atoms with E-state index in [1.165, 1.54) is 5.56 Å². The molecule has 0 fully saturated rings. The summed E-state index contributed by atoms with van der Waals surface area (Å²) in [4.78, 5) is 4.72. The Morgan fingerprint density at radius 3 is 2.76 bits per heavy atom. The van der Waals surface area contributed by atoms with Gasteiger partial charge in [-0.15, -0.1) is 24.0 Å². The van der Waals surface area contributed by atoms with Crippen LogP contribution in [0.15, 0.2) is 34.0 Å². The van der Waals surface area contributed by atoms with E-state index >= 15 is 0 Å². The van der Waals surface area contributed by atoms with Crippen molar-refractivity contribution >= 4 is 29.9 Å². The molecule has 140 valence electrons. The summed E-state index contributed by atoms with van der Waals surface area (Å²) in [5.41, 5.74) is 2.30. The van der Waals surface area contributed by atoms with Crippen molar-refractivity contribution in [3.63, 3.8) is 0 Å². The molecule has 25 heavy (non-hydrogen) atoms. The standard InChI is InChI=1S/C18H29N5O.HI/c1-4-6-10-19-18(20-11-9-16-8-7-12-24-16)21-13-15-14-23(3)22-17(15)5-2;/h7-8,12,14H,4-6,9-11,13H2,1-3H3,(H2,19,20,21);1H. The van der Waals surface area contributed by atoms with Gasteiger partial charge in [0.2, 0.25) is 0 Å². The SMILES string of the molecule is CCCCNC(=NCc1cn(C)nc1CC)NCCc1ccco1.I. The fourth-order valence-corrected chi connectivity index (χ4v) is 2.49. The molecular formula is C18H30IN5O. The molecule has 2 heterocycles. The third kappa shape index (κ3) is 7.50. The maximum Gasteiger partial charge on any atom is 0.191 e. The highest BCUT2D eigenvalue weighted by atomic mass is 127. The topological polar surface area (TPSA) is 67.4 Å². The minimum absolute atomic E-state index is 0. The highest BCUT2D eigenvalue weighted by molar-refractivity contribution is 14.0. The van der Waals surface area contributed by atoms with Crippen LogP contribution in [0.1, 0.15) is 43.7 Å². The maximum atomic E-state index is 5.36. The fourth-order valence-electron chi connectivity index (χ4n) is 2.49. The first-order chi connectivity index (χ1) is 11.7. The number of nitrogens with zero attached hydrogens (tertiary/aromatic N) is 3. The number of aromatic nitrogens is 2. The van der Waals surface area contributed by atoms with Crippen LogP contribution in [-0.4, -0.2) is 28.8 Å². The lowest BCUT2D eigenvalue weighted by atomic mass is 10.2. The van der Waals surface area contributed by atoms with Gasteiger partial charge in [-0.3, -0.25) is 4.68 Å². The van der Waals surface area contributed by atoms with Crippen LogP contribution in [0.25, 0.3) is 0 Å². The van der Waals surface area contributed by atoms with Gasteiger partial charge in [-0.05, 0) is 25.0 Å². The van der Waals surface area contributed by atoms with Crippen molar-refractivity contribution in [2.75, 3.05) is 13.1 Å². The third-order valence-corrected chi connectivity index (χ3v) is 3.80. The average molecular weight is 459 g/mol. The Morgan fingerprint density at radius 1 is 1.28 bits per heavy atom. The predicted molar refractivity (Wildman–Crippen MR) is 112 cm³/mol. The maximum absolute atomic E-state index is 5.36. The normalized spacial score (nSPS) is 11.2. The van der Waals surface area contributed by atoms with E-state index in [0.717, 1.165) is 56.2 Å². The number of halogens is 1. The number of rotatable bonds is 9. The Balaban J connectivity index is 0.00000312. The summed E-state index contributed by atoms with van der Waals surface area (Å²) in [7, 11) is 1.95. The van der Waals surface area contributed by atoms with Crippen LogP contribution in [0.5, 0.6) is 0 Å². The van der Waals surface area contributed by atoms with E-state index in [1.807, 2.05) is 23.9 Å². The zero-order chi connectivity index (χ0) is 17.2. The van der Waals surface area contributed by atoms with E-state index in [0.29, 0.717) is 6.54 Å². The van der Waals surface area contributed by atoms with Gasteiger partial charge in [0.05, 0.1) is 18.5 Å². The smallest absolute Gasteiger partial charge is 0.191 e. The molecule has 0 unspecified atom stereocenters. The summed E-state index contributed by atoms with van der Waals surface area (Å²) in [6.45, 7) is 6.67. The predicted octanol–water partition coefficient (Wildman–Crippen LogP) is 3.27. The minimum atomic E-state index is 0. The molecule has 2 aromatic rings. The highest BCUT2D eigenvalue weighted by Crippen LogP contribution is 2.08. The fraction of sp³-hybridized carbons (Fsp3) is 0.556. The molecule has 0 aliphatic heterocycles. The molecule has 0 aromatic carbocycles. The van der Waals surface area contributed by atoms with Crippen molar-refractivity contribution in [3.8, 4) is 0 Å². The summed E-state index contributed by atoms with van der Waals surface area (Å²) in [6, 6.07) is 3.91.